The lowest BCUT2D eigenvalue weighted by molar-refractivity contribution is 0.122. The summed E-state index contributed by atoms with van der Waals surface area (Å²) in [6.07, 6.45) is 8.64. The first-order chi connectivity index (χ1) is 16.2. The Kier molecular flexibility index (Phi) is 6.54. The van der Waals surface area contributed by atoms with Crippen LogP contribution in [0.2, 0.25) is 0 Å². The highest BCUT2D eigenvalue weighted by Crippen LogP contribution is 2.33. The van der Waals surface area contributed by atoms with E-state index in [0.717, 1.165) is 62.1 Å². The molecule has 176 valence electrons. The highest BCUT2D eigenvalue weighted by molar-refractivity contribution is 5.86. The fourth-order valence-electron chi connectivity index (χ4n) is 4.50. The predicted molar refractivity (Wildman–Crippen MR) is 130 cm³/mol. The SMILES string of the molecule is CN(C)CCNc1nc(Nc2ccc(N3CCOCC3)nc2)c2ncn(C3CCCC3)c2n1. The first-order valence-electron chi connectivity index (χ1n) is 11.9. The summed E-state index contributed by atoms with van der Waals surface area (Å²) >= 11 is 0. The molecule has 10 nitrogen and oxygen atoms in total. The molecule has 10 heteroatoms. The minimum atomic E-state index is 0.460. The van der Waals surface area contributed by atoms with Gasteiger partial charge in [-0.1, -0.05) is 12.8 Å². The van der Waals surface area contributed by atoms with Gasteiger partial charge in [0.15, 0.2) is 17.0 Å². The number of likely N-dealkylation sites (N-methyl/N-ethyl adjacent to an activating group) is 1. The van der Waals surface area contributed by atoms with Crippen LogP contribution in [0.1, 0.15) is 31.7 Å². The highest BCUT2D eigenvalue weighted by Gasteiger charge is 2.22. The number of nitrogens with zero attached hydrogens (tertiary/aromatic N) is 7. The molecule has 0 atom stereocenters. The number of nitrogens with one attached hydrogen (secondary N) is 2. The van der Waals surface area contributed by atoms with Crippen molar-refractivity contribution in [2.24, 2.45) is 0 Å². The van der Waals surface area contributed by atoms with Crippen molar-refractivity contribution in [2.45, 2.75) is 31.7 Å². The number of rotatable bonds is 8. The van der Waals surface area contributed by atoms with E-state index in [1.54, 1.807) is 0 Å². The number of morpholine rings is 1. The van der Waals surface area contributed by atoms with Gasteiger partial charge in [-0.3, -0.25) is 0 Å². The van der Waals surface area contributed by atoms with Gasteiger partial charge in [-0.2, -0.15) is 9.97 Å². The summed E-state index contributed by atoms with van der Waals surface area (Å²) in [6.45, 7) is 4.89. The van der Waals surface area contributed by atoms with Crippen LogP contribution in [0.25, 0.3) is 11.2 Å². The molecule has 2 fully saturated rings. The van der Waals surface area contributed by atoms with Gasteiger partial charge in [0.1, 0.15) is 5.82 Å². The standard InChI is InChI=1S/C23H33N9O/c1-30(2)10-9-24-23-28-21(20-22(29-23)32(16-26-20)18-5-3-4-6-18)27-17-7-8-19(25-15-17)31-11-13-33-14-12-31/h7-8,15-16,18H,3-6,9-14H2,1-2H3,(H2,24,27,28,29). The van der Waals surface area contributed by atoms with Crippen LogP contribution in [0, 0.1) is 0 Å². The molecule has 0 amide bonds. The zero-order valence-electron chi connectivity index (χ0n) is 19.5. The van der Waals surface area contributed by atoms with Crippen molar-refractivity contribution in [3.05, 3.63) is 24.7 Å². The normalized spacial score (nSPS) is 17.2. The largest absolute Gasteiger partial charge is 0.378 e. The third-order valence-corrected chi connectivity index (χ3v) is 6.33. The molecule has 33 heavy (non-hydrogen) atoms. The Labute approximate surface area is 194 Å². The van der Waals surface area contributed by atoms with Crippen LogP contribution in [0.4, 0.5) is 23.3 Å². The van der Waals surface area contributed by atoms with E-state index < -0.39 is 0 Å². The lowest BCUT2D eigenvalue weighted by atomic mass is 10.2. The molecule has 0 radical (unpaired) electrons. The third kappa shape index (κ3) is 5.01. The second kappa shape index (κ2) is 9.88. The molecule has 2 N–H and O–H groups in total. The average molecular weight is 452 g/mol. The van der Waals surface area contributed by atoms with Crippen LogP contribution in [0.5, 0.6) is 0 Å². The molecule has 3 aromatic rings. The van der Waals surface area contributed by atoms with Crippen molar-refractivity contribution in [3.63, 3.8) is 0 Å². The number of fused-ring (bicyclic) bond motifs is 1. The summed E-state index contributed by atoms with van der Waals surface area (Å²) in [7, 11) is 4.11. The number of hydrogen-bond acceptors (Lipinski definition) is 9. The number of imidazole rings is 1. The van der Waals surface area contributed by atoms with Crippen molar-refractivity contribution in [1.82, 2.24) is 29.4 Å². The molecule has 1 saturated carbocycles. The molecule has 5 rings (SSSR count). The number of ether oxygens (including phenoxy) is 1. The van der Waals surface area contributed by atoms with Crippen LogP contribution in [0.3, 0.4) is 0 Å². The predicted octanol–water partition coefficient (Wildman–Crippen LogP) is 2.89. The Balaban J connectivity index is 1.41. The molecule has 1 saturated heterocycles. The van der Waals surface area contributed by atoms with Gasteiger partial charge in [-0.15, -0.1) is 0 Å². The Hall–Kier alpha value is -2.98. The monoisotopic (exact) mass is 451 g/mol. The zero-order chi connectivity index (χ0) is 22.6. The maximum atomic E-state index is 5.44. The van der Waals surface area contributed by atoms with Gasteiger partial charge in [0.2, 0.25) is 5.95 Å². The molecule has 0 bridgehead atoms. The third-order valence-electron chi connectivity index (χ3n) is 6.33. The van der Waals surface area contributed by atoms with Crippen molar-refractivity contribution in [1.29, 1.82) is 0 Å². The van der Waals surface area contributed by atoms with Gasteiger partial charge in [0.05, 0.1) is 31.4 Å². The van der Waals surface area contributed by atoms with Gasteiger partial charge in [-0.25, -0.2) is 9.97 Å². The number of aromatic nitrogens is 5. The number of hydrogen-bond donors (Lipinski definition) is 2. The van der Waals surface area contributed by atoms with E-state index in [0.29, 0.717) is 17.8 Å². The van der Waals surface area contributed by atoms with E-state index in [1.807, 2.05) is 24.7 Å². The van der Waals surface area contributed by atoms with E-state index in [1.165, 1.54) is 25.7 Å². The molecule has 0 spiro atoms. The van der Waals surface area contributed by atoms with Crippen molar-refractivity contribution < 1.29 is 4.74 Å². The Morgan fingerprint density at radius 2 is 1.91 bits per heavy atom. The van der Waals surface area contributed by atoms with E-state index in [9.17, 15) is 0 Å². The van der Waals surface area contributed by atoms with Crippen LogP contribution >= 0.6 is 0 Å². The smallest absolute Gasteiger partial charge is 0.226 e. The lowest BCUT2D eigenvalue weighted by Gasteiger charge is -2.27. The molecule has 2 aliphatic rings. The minimum Gasteiger partial charge on any atom is -0.378 e. The van der Waals surface area contributed by atoms with Crippen molar-refractivity contribution in [2.75, 3.05) is 69.0 Å². The fraction of sp³-hybridized carbons (Fsp3) is 0.565. The summed E-state index contributed by atoms with van der Waals surface area (Å²) in [6, 6.07) is 4.54. The fourth-order valence-corrected chi connectivity index (χ4v) is 4.50. The first-order valence-corrected chi connectivity index (χ1v) is 11.9. The van der Waals surface area contributed by atoms with Crippen molar-refractivity contribution in [3.8, 4) is 0 Å². The van der Waals surface area contributed by atoms with Crippen LogP contribution < -0.4 is 15.5 Å². The summed E-state index contributed by atoms with van der Waals surface area (Å²) in [5, 5.41) is 6.81. The Bertz CT molecular complexity index is 1050. The van der Waals surface area contributed by atoms with E-state index in [-0.39, 0.29) is 0 Å². The Morgan fingerprint density at radius 3 is 2.64 bits per heavy atom. The first kappa shape index (κ1) is 21.8. The summed E-state index contributed by atoms with van der Waals surface area (Å²) < 4.78 is 7.67. The summed E-state index contributed by atoms with van der Waals surface area (Å²) in [5.74, 6) is 2.28. The van der Waals surface area contributed by atoms with Crippen LogP contribution in [0.15, 0.2) is 24.7 Å². The molecule has 1 aliphatic heterocycles. The van der Waals surface area contributed by atoms with Gasteiger partial charge in [0, 0.05) is 32.2 Å². The highest BCUT2D eigenvalue weighted by atomic mass is 16.5. The van der Waals surface area contributed by atoms with Gasteiger partial charge < -0.3 is 29.7 Å². The average Bonchev–Trinajstić information content (AvgIpc) is 3.50. The second-order valence-corrected chi connectivity index (χ2v) is 9.02. The maximum Gasteiger partial charge on any atom is 0.226 e. The zero-order valence-corrected chi connectivity index (χ0v) is 19.5. The Morgan fingerprint density at radius 1 is 1.09 bits per heavy atom. The van der Waals surface area contributed by atoms with Gasteiger partial charge >= 0.3 is 0 Å². The summed E-state index contributed by atoms with van der Waals surface area (Å²) in [4.78, 5) is 23.3. The van der Waals surface area contributed by atoms with E-state index in [4.69, 9.17) is 19.7 Å². The van der Waals surface area contributed by atoms with Gasteiger partial charge in [0.25, 0.3) is 0 Å². The van der Waals surface area contributed by atoms with Crippen molar-refractivity contribution >= 4 is 34.4 Å². The summed E-state index contributed by atoms with van der Waals surface area (Å²) in [5.41, 5.74) is 2.55. The number of pyridine rings is 1. The molecule has 0 aromatic carbocycles. The number of anilines is 4. The van der Waals surface area contributed by atoms with E-state index >= 15 is 0 Å². The lowest BCUT2D eigenvalue weighted by Crippen LogP contribution is -2.36. The maximum absolute atomic E-state index is 5.44. The molecule has 0 unspecified atom stereocenters. The molecular formula is C23H33N9O. The van der Waals surface area contributed by atoms with Crippen LogP contribution in [-0.2, 0) is 4.74 Å². The minimum absolute atomic E-state index is 0.460. The molecule has 3 aromatic heterocycles. The van der Waals surface area contributed by atoms with Crippen LogP contribution in [-0.4, -0.2) is 82.9 Å². The second-order valence-electron chi connectivity index (χ2n) is 9.02. The topological polar surface area (TPSA) is 96.3 Å². The quantitative estimate of drug-likeness (QED) is 0.536. The van der Waals surface area contributed by atoms with Gasteiger partial charge in [-0.05, 0) is 39.1 Å². The molecule has 4 heterocycles. The van der Waals surface area contributed by atoms with E-state index in [2.05, 4.69) is 44.1 Å². The molecule has 1 aliphatic carbocycles. The molecular weight excluding hydrogens is 418 g/mol.